The second kappa shape index (κ2) is 4.67. The summed E-state index contributed by atoms with van der Waals surface area (Å²) in [6.45, 7) is 0. The highest BCUT2D eigenvalue weighted by atomic mass is 127. The van der Waals surface area contributed by atoms with Crippen LogP contribution in [-0.2, 0) is 0 Å². The van der Waals surface area contributed by atoms with Gasteiger partial charge >= 0.3 is 23.9 Å². The van der Waals surface area contributed by atoms with E-state index < -0.39 is 33.6 Å². The van der Waals surface area contributed by atoms with E-state index in [1.807, 2.05) is 0 Å². The summed E-state index contributed by atoms with van der Waals surface area (Å²) in [6, 6.07) is 0. The van der Waals surface area contributed by atoms with Crippen LogP contribution >= 0.6 is 22.6 Å². The van der Waals surface area contributed by atoms with Crippen molar-refractivity contribution in [2.24, 2.45) is 5.41 Å². The molecule has 18 heavy (non-hydrogen) atoms. The average molecular weight is 408 g/mol. The van der Waals surface area contributed by atoms with Gasteiger partial charge < -0.3 is 0 Å². The van der Waals surface area contributed by atoms with Gasteiger partial charge in [0, 0.05) is 0 Å². The number of hydrogen-bond acceptors (Lipinski definition) is 0. The van der Waals surface area contributed by atoms with Crippen LogP contribution in [0.3, 0.4) is 0 Å². The van der Waals surface area contributed by atoms with Gasteiger partial charge in [-0.25, -0.2) is 4.39 Å². The quantitative estimate of drug-likeness (QED) is 0.414. The van der Waals surface area contributed by atoms with Crippen LogP contribution in [0.25, 0.3) is 0 Å². The molecular weight excluding hydrogens is 408 g/mol. The molecule has 108 valence electrons. The van der Waals surface area contributed by atoms with E-state index in [-0.39, 0.29) is 22.6 Å². The number of allylic oxidation sites excluding steroid dienone is 1. The molecule has 0 aromatic rings. The summed E-state index contributed by atoms with van der Waals surface area (Å²) in [5.74, 6) is -3.99. The SMILES string of the molecule is F/C(I)=C(/F)C(C(F)(F)F)(C(F)(F)F)C(F)(F)F. The molecule has 0 saturated carbocycles. The van der Waals surface area contributed by atoms with Crippen molar-refractivity contribution in [3.8, 4) is 0 Å². The normalized spacial score (nSPS) is 16.7. The second-order valence-electron chi connectivity index (χ2n) is 2.82. The molecule has 0 amide bonds. The standard InChI is InChI=1S/C6F11I/c7-1(2(8)18)3(4(9,10)11,5(12,13)14)6(15,16)17/b2-1-. The third-order valence-electron chi connectivity index (χ3n) is 1.77. The predicted molar refractivity (Wildman–Crippen MR) is 43.9 cm³/mol. The van der Waals surface area contributed by atoms with Gasteiger partial charge in [0.05, 0.1) is 0 Å². The highest BCUT2D eigenvalue weighted by Gasteiger charge is 2.86. The maximum Gasteiger partial charge on any atom is 0.418 e. The molecule has 12 heteroatoms. The number of alkyl halides is 9. The minimum Gasteiger partial charge on any atom is -0.206 e. The van der Waals surface area contributed by atoms with E-state index in [1.165, 1.54) is 0 Å². The number of rotatable bonds is 1. The molecule has 0 aliphatic heterocycles. The van der Waals surface area contributed by atoms with E-state index in [0.717, 1.165) is 0 Å². The van der Waals surface area contributed by atoms with Crippen molar-refractivity contribution in [2.45, 2.75) is 18.5 Å². The van der Waals surface area contributed by atoms with Crippen molar-refractivity contribution in [1.82, 2.24) is 0 Å². The Morgan fingerprint density at radius 3 is 0.889 bits per heavy atom. The van der Waals surface area contributed by atoms with Gasteiger partial charge in [-0.2, -0.15) is 43.9 Å². The first-order valence-electron chi connectivity index (χ1n) is 3.52. The number of hydrogen-bond donors (Lipinski definition) is 0. The van der Waals surface area contributed by atoms with Gasteiger partial charge in [-0.3, -0.25) is 0 Å². The van der Waals surface area contributed by atoms with E-state index in [4.69, 9.17) is 0 Å². The highest BCUT2D eigenvalue weighted by Crippen LogP contribution is 2.64. The van der Waals surface area contributed by atoms with Gasteiger partial charge in [0.1, 0.15) is 0 Å². The van der Waals surface area contributed by atoms with Crippen LogP contribution in [0.5, 0.6) is 0 Å². The van der Waals surface area contributed by atoms with Gasteiger partial charge in [-0.15, -0.1) is 0 Å². The maximum absolute atomic E-state index is 12.7. The molecule has 0 aromatic heterocycles. The summed E-state index contributed by atoms with van der Waals surface area (Å²) in [4.78, 5) is 0. The van der Waals surface area contributed by atoms with E-state index in [9.17, 15) is 48.3 Å². The third-order valence-corrected chi connectivity index (χ3v) is 2.24. The lowest BCUT2D eigenvalue weighted by Gasteiger charge is -2.36. The van der Waals surface area contributed by atoms with Gasteiger partial charge in [-0.05, 0) is 22.6 Å². The minimum atomic E-state index is -7.14. The molecule has 0 radical (unpaired) electrons. The van der Waals surface area contributed by atoms with Crippen LogP contribution in [0.1, 0.15) is 0 Å². The van der Waals surface area contributed by atoms with Crippen molar-refractivity contribution < 1.29 is 48.3 Å². The largest absolute Gasteiger partial charge is 0.418 e. The fourth-order valence-corrected chi connectivity index (χ4v) is 1.40. The van der Waals surface area contributed by atoms with Crippen LogP contribution in [0.15, 0.2) is 9.66 Å². The van der Waals surface area contributed by atoms with Gasteiger partial charge in [-0.1, -0.05) is 0 Å². The molecule has 0 aromatic carbocycles. The summed E-state index contributed by atoms with van der Waals surface area (Å²) < 4.78 is 131. The van der Waals surface area contributed by atoms with Crippen LogP contribution in [0.2, 0.25) is 0 Å². The Kier molecular flexibility index (Phi) is 4.59. The summed E-state index contributed by atoms with van der Waals surface area (Å²) in [5.41, 5.74) is -6.88. The first-order valence-corrected chi connectivity index (χ1v) is 4.60. The Morgan fingerprint density at radius 1 is 0.611 bits per heavy atom. The Labute approximate surface area is 105 Å². The number of halogens is 12. The van der Waals surface area contributed by atoms with Gasteiger partial charge in [0.15, 0.2) is 9.66 Å². The smallest absolute Gasteiger partial charge is 0.206 e. The van der Waals surface area contributed by atoms with Crippen LogP contribution in [0.4, 0.5) is 48.3 Å². The first-order chi connectivity index (χ1) is 7.60. The minimum absolute atomic E-state index is 0.0484. The monoisotopic (exact) mass is 408 g/mol. The third kappa shape index (κ3) is 2.52. The Balaban J connectivity index is 6.58. The molecule has 0 saturated heterocycles. The molecule has 0 spiro atoms. The van der Waals surface area contributed by atoms with E-state index >= 15 is 0 Å². The summed E-state index contributed by atoms with van der Waals surface area (Å²) in [7, 11) is 0. The molecule has 0 fully saturated rings. The molecule has 0 aliphatic carbocycles. The topological polar surface area (TPSA) is 0 Å². The fraction of sp³-hybridized carbons (Fsp3) is 0.667. The molecule has 0 aliphatic rings. The predicted octanol–water partition coefficient (Wildman–Crippen LogP) is 5.20. The van der Waals surface area contributed by atoms with Crippen molar-refractivity contribution in [1.29, 1.82) is 0 Å². The van der Waals surface area contributed by atoms with Crippen molar-refractivity contribution in [3.05, 3.63) is 9.66 Å². The highest BCUT2D eigenvalue weighted by molar-refractivity contribution is 14.1. The van der Waals surface area contributed by atoms with E-state index in [2.05, 4.69) is 0 Å². The molecule has 0 unspecified atom stereocenters. The lowest BCUT2D eigenvalue weighted by molar-refractivity contribution is -0.416. The van der Waals surface area contributed by atoms with Crippen molar-refractivity contribution in [3.63, 3.8) is 0 Å². The molecule has 0 nitrogen and oxygen atoms in total. The van der Waals surface area contributed by atoms with Crippen molar-refractivity contribution >= 4 is 22.6 Å². The molecule has 0 N–H and O–H groups in total. The van der Waals surface area contributed by atoms with Gasteiger partial charge in [0.2, 0.25) is 0 Å². The second-order valence-corrected chi connectivity index (χ2v) is 3.76. The Hall–Kier alpha value is -0.300. The summed E-state index contributed by atoms with van der Waals surface area (Å²) >= 11 is -0.0484. The molecular formula is C6F11I. The average Bonchev–Trinajstić information content (AvgIpc) is 1.94. The maximum atomic E-state index is 12.7. The molecule has 0 atom stereocenters. The van der Waals surface area contributed by atoms with Crippen molar-refractivity contribution in [2.75, 3.05) is 0 Å². The molecule has 0 bridgehead atoms. The Bertz CT molecular complexity index is 302. The zero-order valence-electron chi connectivity index (χ0n) is 7.54. The van der Waals surface area contributed by atoms with Gasteiger partial charge in [0.25, 0.3) is 0 Å². The fourth-order valence-electron chi connectivity index (χ4n) is 0.997. The summed E-state index contributed by atoms with van der Waals surface area (Å²) in [5, 5.41) is 0. The zero-order chi connectivity index (χ0) is 15.2. The Morgan fingerprint density at radius 2 is 0.833 bits per heavy atom. The lowest BCUT2D eigenvalue weighted by atomic mass is 9.84. The van der Waals surface area contributed by atoms with Crippen LogP contribution in [-0.4, -0.2) is 18.5 Å². The molecule has 0 heterocycles. The van der Waals surface area contributed by atoms with Crippen LogP contribution in [0, 0.1) is 5.41 Å². The lowest BCUT2D eigenvalue weighted by Crippen LogP contribution is -2.60. The molecule has 0 rings (SSSR count). The first kappa shape index (κ1) is 17.7. The summed E-state index contributed by atoms with van der Waals surface area (Å²) in [6.07, 6.45) is -21.4. The zero-order valence-corrected chi connectivity index (χ0v) is 9.69. The van der Waals surface area contributed by atoms with Crippen LogP contribution < -0.4 is 0 Å². The van der Waals surface area contributed by atoms with E-state index in [1.54, 1.807) is 0 Å². The van der Waals surface area contributed by atoms with E-state index in [0.29, 0.717) is 0 Å².